The third-order valence-corrected chi connectivity index (χ3v) is 5.29. The number of halogens is 2. The number of aryl methyl sites for hydroxylation is 1. The van der Waals surface area contributed by atoms with E-state index in [2.05, 4.69) is 41.4 Å². The molecule has 0 aliphatic rings. The summed E-state index contributed by atoms with van der Waals surface area (Å²) in [7, 11) is 1.95. The highest BCUT2D eigenvalue weighted by Crippen LogP contribution is 2.29. The van der Waals surface area contributed by atoms with Gasteiger partial charge in [0.2, 0.25) is 0 Å². The van der Waals surface area contributed by atoms with Crippen LogP contribution in [0.25, 0.3) is 11.4 Å². The summed E-state index contributed by atoms with van der Waals surface area (Å²) in [5.41, 5.74) is 3.43. The van der Waals surface area contributed by atoms with Crippen molar-refractivity contribution in [1.82, 2.24) is 14.8 Å². The number of rotatable bonds is 4. The van der Waals surface area contributed by atoms with Crippen LogP contribution in [0.15, 0.2) is 47.6 Å². The lowest BCUT2D eigenvalue weighted by atomic mass is 10.2. The van der Waals surface area contributed by atoms with Crippen molar-refractivity contribution >= 4 is 35.0 Å². The maximum absolute atomic E-state index is 6.08. The molecule has 0 N–H and O–H groups in total. The van der Waals surface area contributed by atoms with E-state index in [0.717, 1.165) is 22.3 Å². The second kappa shape index (κ2) is 6.95. The maximum atomic E-state index is 6.08. The molecule has 118 valence electrons. The Morgan fingerprint density at radius 1 is 1.04 bits per heavy atom. The molecule has 0 saturated heterocycles. The van der Waals surface area contributed by atoms with Crippen molar-refractivity contribution < 1.29 is 0 Å². The van der Waals surface area contributed by atoms with Gasteiger partial charge >= 0.3 is 0 Å². The first-order valence-corrected chi connectivity index (χ1v) is 8.82. The smallest absolute Gasteiger partial charge is 0.191 e. The summed E-state index contributed by atoms with van der Waals surface area (Å²) in [6.07, 6.45) is 0. The molecule has 0 amide bonds. The third kappa shape index (κ3) is 3.71. The quantitative estimate of drug-likeness (QED) is 0.582. The van der Waals surface area contributed by atoms with Crippen LogP contribution in [-0.4, -0.2) is 14.8 Å². The van der Waals surface area contributed by atoms with E-state index < -0.39 is 0 Å². The van der Waals surface area contributed by atoms with Crippen molar-refractivity contribution in [3.05, 3.63) is 63.6 Å². The second-order valence-electron chi connectivity index (χ2n) is 5.27. The first kappa shape index (κ1) is 16.4. The Morgan fingerprint density at radius 2 is 1.87 bits per heavy atom. The van der Waals surface area contributed by atoms with Crippen molar-refractivity contribution in [2.45, 2.75) is 17.8 Å². The number of hydrogen-bond acceptors (Lipinski definition) is 3. The van der Waals surface area contributed by atoms with E-state index >= 15 is 0 Å². The van der Waals surface area contributed by atoms with Crippen molar-refractivity contribution in [2.75, 3.05) is 0 Å². The first-order chi connectivity index (χ1) is 11.0. The van der Waals surface area contributed by atoms with Crippen molar-refractivity contribution in [2.24, 2.45) is 7.05 Å². The van der Waals surface area contributed by atoms with Crippen molar-refractivity contribution in [3.8, 4) is 11.4 Å². The van der Waals surface area contributed by atoms with Gasteiger partial charge in [-0.1, -0.05) is 64.8 Å². The van der Waals surface area contributed by atoms with Crippen LogP contribution < -0.4 is 0 Å². The van der Waals surface area contributed by atoms with Gasteiger partial charge in [-0.15, -0.1) is 10.2 Å². The van der Waals surface area contributed by atoms with E-state index in [1.807, 2.05) is 23.7 Å². The molecule has 0 atom stereocenters. The van der Waals surface area contributed by atoms with E-state index in [4.69, 9.17) is 23.2 Å². The summed E-state index contributed by atoms with van der Waals surface area (Å²) < 4.78 is 1.97. The molecular weight excluding hydrogens is 349 g/mol. The van der Waals surface area contributed by atoms with Gasteiger partial charge in [-0.3, -0.25) is 0 Å². The fourth-order valence-corrected chi connectivity index (χ4v) is 3.43. The molecule has 3 rings (SSSR count). The van der Waals surface area contributed by atoms with E-state index in [0.29, 0.717) is 10.0 Å². The SMILES string of the molecule is Cc1cccc(CSc2nnc(-c3ccc(Cl)c(Cl)c3)n2C)c1. The molecule has 0 unspecified atom stereocenters. The molecule has 3 aromatic rings. The Hall–Kier alpha value is -1.49. The van der Waals surface area contributed by atoms with Crippen molar-refractivity contribution in [1.29, 1.82) is 0 Å². The summed E-state index contributed by atoms with van der Waals surface area (Å²) >= 11 is 13.7. The highest BCUT2D eigenvalue weighted by molar-refractivity contribution is 7.98. The zero-order chi connectivity index (χ0) is 16.4. The minimum absolute atomic E-state index is 0.515. The van der Waals surface area contributed by atoms with Crippen LogP contribution in [0.2, 0.25) is 10.0 Å². The summed E-state index contributed by atoms with van der Waals surface area (Å²) in [5, 5.41) is 10.5. The van der Waals surface area contributed by atoms with Gasteiger partial charge in [0.25, 0.3) is 0 Å². The van der Waals surface area contributed by atoms with Crippen LogP contribution in [0.3, 0.4) is 0 Å². The van der Waals surface area contributed by atoms with Crippen LogP contribution in [-0.2, 0) is 12.8 Å². The molecule has 6 heteroatoms. The molecule has 1 heterocycles. The number of nitrogens with zero attached hydrogens (tertiary/aromatic N) is 3. The highest BCUT2D eigenvalue weighted by Gasteiger charge is 2.12. The summed E-state index contributed by atoms with van der Waals surface area (Å²) in [5.74, 6) is 1.63. The minimum Gasteiger partial charge on any atom is -0.305 e. The molecule has 0 bridgehead atoms. The number of aromatic nitrogens is 3. The Bertz CT molecular complexity index is 846. The van der Waals surface area contributed by atoms with E-state index in [1.54, 1.807) is 17.8 Å². The average Bonchev–Trinajstić information content (AvgIpc) is 2.89. The van der Waals surface area contributed by atoms with Gasteiger partial charge in [-0.2, -0.15) is 0 Å². The topological polar surface area (TPSA) is 30.7 Å². The van der Waals surface area contributed by atoms with Gasteiger partial charge in [0.1, 0.15) is 0 Å². The summed E-state index contributed by atoms with van der Waals surface area (Å²) in [4.78, 5) is 0. The lowest BCUT2D eigenvalue weighted by Crippen LogP contribution is -1.95. The molecule has 0 fully saturated rings. The molecule has 1 aromatic heterocycles. The predicted octanol–water partition coefficient (Wildman–Crippen LogP) is 5.39. The maximum Gasteiger partial charge on any atom is 0.191 e. The van der Waals surface area contributed by atoms with Gasteiger partial charge in [0.05, 0.1) is 10.0 Å². The van der Waals surface area contributed by atoms with Crippen molar-refractivity contribution in [3.63, 3.8) is 0 Å². The fourth-order valence-electron chi connectivity index (χ4n) is 2.28. The third-order valence-electron chi connectivity index (χ3n) is 3.46. The molecular formula is C17H15Cl2N3S. The van der Waals surface area contributed by atoms with Crippen LogP contribution in [0.1, 0.15) is 11.1 Å². The van der Waals surface area contributed by atoms with E-state index in [1.165, 1.54) is 11.1 Å². The van der Waals surface area contributed by atoms with E-state index in [-0.39, 0.29) is 0 Å². The predicted molar refractivity (Wildman–Crippen MR) is 97.2 cm³/mol. The van der Waals surface area contributed by atoms with Gasteiger partial charge in [0, 0.05) is 18.4 Å². The summed E-state index contributed by atoms with van der Waals surface area (Å²) in [6.45, 7) is 2.10. The first-order valence-electron chi connectivity index (χ1n) is 7.08. The highest BCUT2D eigenvalue weighted by atomic mass is 35.5. The monoisotopic (exact) mass is 363 g/mol. The number of hydrogen-bond donors (Lipinski definition) is 0. The molecule has 0 aliphatic heterocycles. The lowest BCUT2D eigenvalue weighted by molar-refractivity contribution is 0.794. The normalized spacial score (nSPS) is 11.0. The Labute approximate surface area is 149 Å². The molecule has 0 aliphatic carbocycles. The van der Waals surface area contributed by atoms with Crippen LogP contribution in [0.4, 0.5) is 0 Å². The zero-order valence-electron chi connectivity index (χ0n) is 12.8. The Morgan fingerprint density at radius 3 is 2.61 bits per heavy atom. The minimum atomic E-state index is 0.515. The second-order valence-corrected chi connectivity index (χ2v) is 7.03. The number of thioether (sulfide) groups is 1. The van der Waals surface area contributed by atoms with E-state index in [9.17, 15) is 0 Å². The van der Waals surface area contributed by atoms with Crippen LogP contribution in [0.5, 0.6) is 0 Å². The van der Waals surface area contributed by atoms with Gasteiger partial charge in [0.15, 0.2) is 11.0 Å². The largest absolute Gasteiger partial charge is 0.305 e. The van der Waals surface area contributed by atoms with Crippen LogP contribution in [0, 0.1) is 6.92 Å². The molecule has 2 aromatic carbocycles. The average molecular weight is 364 g/mol. The standard InChI is InChI=1S/C17H15Cl2N3S/c1-11-4-3-5-12(8-11)10-23-17-21-20-16(22(17)2)13-6-7-14(18)15(19)9-13/h3-9H,10H2,1-2H3. The van der Waals surface area contributed by atoms with Gasteiger partial charge < -0.3 is 4.57 Å². The van der Waals surface area contributed by atoms with Crippen LogP contribution >= 0.6 is 35.0 Å². The molecule has 0 radical (unpaired) electrons. The van der Waals surface area contributed by atoms with Gasteiger partial charge in [-0.05, 0) is 30.7 Å². The van der Waals surface area contributed by atoms with Gasteiger partial charge in [-0.25, -0.2) is 0 Å². The molecule has 0 spiro atoms. The molecule has 3 nitrogen and oxygen atoms in total. The molecule has 0 saturated carbocycles. The Balaban J connectivity index is 1.80. The zero-order valence-corrected chi connectivity index (χ0v) is 15.1. The lowest BCUT2D eigenvalue weighted by Gasteiger charge is -2.05. The Kier molecular flexibility index (Phi) is 4.95. The number of benzene rings is 2. The fraction of sp³-hybridized carbons (Fsp3) is 0.176. The molecule has 23 heavy (non-hydrogen) atoms. The summed E-state index contributed by atoms with van der Waals surface area (Å²) in [6, 6.07) is 13.9.